The van der Waals surface area contributed by atoms with E-state index in [9.17, 15) is 171 Å². The number of carbonyl (C=O) groups excluding carboxylic acids is 4. The summed E-state index contributed by atoms with van der Waals surface area (Å²) in [7, 11) is 0. The van der Waals surface area contributed by atoms with E-state index in [0.717, 1.165) is 13.8 Å². The van der Waals surface area contributed by atoms with Gasteiger partial charge in [-0.1, -0.05) is 0 Å². The van der Waals surface area contributed by atoms with Gasteiger partial charge in [-0.2, -0.15) is 0 Å². The van der Waals surface area contributed by atoms with Gasteiger partial charge in [-0.05, 0) is 0 Å². The lowest BCUT2D eigenvalue weighted by atomic mass is 9.86. The molecule has 0 bridgehead atoms. The van der Waals surface area contributed by atoms with Crippen molar-refractivity contribution in [3.05, 3.63) is 0 Å². The van der Waals surface area contributed by atoms with Crippen LogP contribution < -0.4 is 21.3 Å². The highest BCUT2D eigenvalue weighted by molar-refractivity contribution is 5.80. The number of nitrogens with one attached hydrogen (secondary N) is 4. The molecule has 0 aromatic carbocycles. The van der Waals surface area contributed by atoms with Crippen LogP contribution in [0, 0.1) is 0 Å². The van der Waals surface area contributed by atoms with E-state index in [0.29, 0.717) is 0 Å². The highest BCUT2D eigenvalue weighted by Crippen LogP contribution is 2.44. The minimum absolute atomic E-state index is 0.851. The van der Waals surface area contributed by atoms with Crippen molar-refractivity contribution in [1.82, 2.24) is 21.3 Å². The largest absolute Gasteiger partial charge is 0.477 e. The third-order valence-corrected chi connectivity index (χ3v) is 19.3. The molecule has 51 nitrogen and oxygen atoms in total. The second kappa shape index (κ2) is 39.0. The van der Waals surface area contributed by atoms with Crippen molar-refractivity contribution in [3.8, 4) is 0 Å². The molecule has 7 rings (SSSR count). The molecule has 7 fully saturated rings. The molecule has 0 aromatic rings. The molecule has 51 heteroatoms. The minimum atomic E-state index is -3.85. The quantitative estimate of drug-likeness (QED) is 0.0284. The van der Waals surface area contributed by atoms with E-state index in [4.69, 9.17) is 61.6 Å². The summed E-state index contributed by atoms with van der Waals surface area (Å²) in [6.07, 6.45) is -78.8. The molecular formula is C59H96N4O47. The van der Waals surface area contributed by atoms with Gasteiger partial charge in [0.25, 0.3) is 17.4 Å². The van der Waals surface area contributed by atoms with Crippen molar-refractivity contribution in [2.45, 2.75) is 265 Å². The maximum Gasteiger partial charge on any atom is 0.364 e. The van der Waals surface area contributed by atoms with E-state index >= 15 is 0 Å². The Kier molecular flexibility index (Phi) is 32.6. The molecule has 110 heavy (non-hydrogen) atoms. The SMILES string of the molecule is CC(=O)N[C@H]1[C@H](O[C@@H]2[C@H](O[C@]3(C(=O)O)C[C@H](O)[C@@H](NC(=O)CO)[C@H]([C@H](O)[C@@H](CO)O[C@]4(C(=O)O)C[C@H](O)[C@@H](NC(=O)CO)[C@H]([C@H](O)[C@@H](CO)O[C@]5(C(=O)O)C[C@H](O)[C@@H](NC(C)=O)[C@H]([C@H](O)[C@H](O)CO)O5)O4)O3)[C@@H](O)[C@H](O[C@H]3[C@@H](O)[C@@H](O)[C@H](O)O[C@@H]3CO)O[C@@H]2CO)O[C@H](CO)[C@H](O)[C@@H]1O[C@@H]1O[C@H](CO)[C@H](O)[C@H](O)[C@H]1O. The molecule has 0 saturated carbocycles. The fourth-order valence-corrected chi connectivity index (χ4v) is 13.7. The molecule has 4 amide bonds. The molecule has 0 radical (unpaired) electrons. The number of aliphatic hydroxyl groups excluding tert-OH is 24. The zero-order chi connectivity index (χ0) is 82.3. The van der Waals surface area contributed by atoms with Crippen molar-refractivity contribution < 1.29 is 233 Å². The van der Waals surface area contributed by atoms with Crippen LogP contribution in [0.3, 0.4) is 0 Å². The van der Waals surface area contributed by atoms with Crippen LogP contribution in [-0.2, 0) is 95.1 Å². The number of aliphatic carboxylic acids is 3. The summed E-state index contributed by atoms with van der Waals surface area (Å²) in [4.78, 5) is 92.6. The van der Waals surface area contributed by atoms with Crippen molar-refractivity contribution in [2.75, 3.05) is 59.5 Å². The molecule has 38 atom stereocenters. The number of aliphatic hydroxyl groups is 24. The number of rotatable bonds is 34. The number of carbonyl (C=O) groups is 7. The van der Waals surface area contributed by atoms with Crippen molar-refractivity contribution >= 4 is 41.5 Å². The van der Waals surface area contributed by atoms with Crippen molar-refractivity contribution in [1.29, 1.82) is 0 Å². The zero-order valence-electron chi connectivity index (χ0n) is 57.9. The minimum Gasteiger partial charge on any atom is -0.477 e. The van der Waals surface area contributed by atoms with E-state index in [2.05, 4.69) is 10.6 Å². The lowest BCUT2D eigenvalue weighted by Gasteiger charge is -2.53. The first kappa shape index (κ1) is 92.0. The number of hydrogen-bond acceptors (Lipinski definition) is 44. The summed E-state index contributed by atoms with van der Waals surface area (Å²) < 4.78 is 74.9. The van der Waals surface area contributed by atoms with E-state index in [1.165, 1.54) is 0 Å². The van der Waals surface area contributed by atoms with Gasteiger partial charge in [-0.3, -0.25) is 19.2 Å². The summed E-state index contributed by atoms with van der Waals surface area (Å²) in [6.45, 7) is -10.9. The lowest BCUT2D eigenvalue weighted by Crippen LogP contribution is -2.73. The smallest absolute Gasteiger partial charge is 0.364 e. The Morgan fingerprint density at radius 1 is 0.391 bits per heavy atom. The lowest BCUT2D eigenvalue weighted by molar-refractivity contribution is -0.403. The first-order valence-electron chi connectivity index (χ1n) is 33.8. The Bertz CT molecular complexity index is 3050. The molecule has 7 heterocycles. The number of carboxylic acid groups (broad SMARTS) is 3. The Hall–Kier alpha value is -5.19. The van der Waals surface area contributed by atoms with Gasteiger partial charge in [0.1, 0.15) is 166 Å². The van der Waals surface area contributed by atoms with Gasteiger partial charge < -0.3 is 221 Å². The maximum atomic E-state index is 14.2. The molecule has 7 aliphatic heterocycles. The van der Waals surface area contributed by atoms with Gasteiger partial charge >= 0.3 is 17.9 Å². The monoisotopic (exact) mass is 1610 g/mol. The fourth-order valence-electron chi connectivity index (χ4n) is 13.7. The van der Waals surface area contributed by atoms with Gasteiger partial charge in [0.15, 0.2) is 25.2 Å². The predicted octanol–water partition coefficient (Wildman–Crippen LogP) is -20.1. The second-order valence-corrected chi connectivity index (χ2v) is 26.8. The molecular weight excluding hydrogens is 1520 g/mol. The Labute approximate surface area is 618 Å². The Morgan fingerprint density at radius 2 is 0.773 bits per heavy atom. The summed E-state index contributed by atoms with van der Waals surface area (Å²) in [5, 5.41) is 305. The Balaban J connectivity index is 1.32. The average Bonchev–Trinajstić information content (AvgIpc) is 0.748. The molecule has 7 aliphatic rings. The normalized spacial score (nSPS) is 42.8. The van der Waals surface area contributed by atoms with Gasteiger partial charge in [0.2, 0.25) is 23.6 Å². The van der Waals surface area contributed by atoms with E-state index in [1.54, 1.807) is 0 Å². The second-order valence-electron chi connectivity index (χ2n) is 26.8. The summed E-state index contributed by atoms with van der Waals surface area (Å²) in [5.74, 6) is -23.3. The van der Waals surface area contributed by atoms with E-state index < -0.39 is 352 Å². The zero-order valence-corrected chi connectivity index (χ0v) is 57.9. The van der Waals surface area contributed by atoms with Crippen molar-refractivity contribution in [3.63, 3.8) is 0 Å². The highest BCUT2D eigenvalue weighted by atomic mass is 16.8. The molecule has 7 saturated heterocycles. The summed E-state index contributed by atoms with van der Waals surface area (Å²) >= 11 is 0. The molecule has 0 spiro atoms. The van der Waals surface area contributed by atoms with Crippen LogP contribution in [0.2, 0.25) is 0 Å². The topological polar surface area (TPSA) is 834 Å². The number of carboxylic acids is 3. The molecule has 0 aliphatic carbocycles. The summed E-state index contributed by atoms with van der Waals surface area (Å²) in [5.41, 5.74) is 0. The van der Waals surface area contributed by atoms with Crippen LogP contribution in [-0.4, -0.2) is 470 Å². The highest BCUT2D eigenvalue weighted by Gasteiger charge is 2.66. The number of hydrogen-bond donors (Lipinski definition) is 31. The predicted molar refractivity (Wildman–Crippen MR) is 333 cm³/mol. The fraction of sp³-hybridized carbons (Fsp3) is 0.881. The summed E-state index contributed by atoms with van der Waals surface area (Å²) in [6, 6.07) is -8.63. The molecule has 0 unspecified atom stereocenters. The van der Waals surface area contributed by atoms with Gasteiger partial charge in [-0.15, -0.1) is 0 Å². The number of ether oxygens (including phenoxy) is 13. The molecule has 0 aromatic heterocycles. The van der Waals surface area contributed by atoms with Crippen LogP contribution in [0.25, 0.3) is 0 Å². The van der Waals surface area contributed by atoms with Gasteiger partial charge in [-0.25, -0.2) is 14.4 Å². The van der Waals surface area contributed by atoms with Crippen LogP contribution >= 0.6 is 0 Å². The molecule has 31 N–H and O–H groups in total. The van der Waals surface area contributed by atoms with E-state index in [1.807, 2.05) is 10.6 Å². The van der Waals surface area contributed by atoms with Crippen LogP contribution in [0.1, 0.15) is 33.1 Å². The Morgan fingerprint density at radius 3 is 1.21 bits per heavy atom. The van der Waals surface area contributed by atoms with Gasteiger partial charge in [0.05, 0.1) is 82.7 Å². The number of amides is 4. The average molecular weight is 1610 g/mol. The third kappa shape index (κ3) is 19.8. The van der Waals surface area contributed by atoms with Crippen molar-refractivity contribution in [2.24, 2.45) is 0 Å². The third-order valence-electron chi connectivity index (χ3n) is 19.3. The standard InChI is InChI=1S/C59H96N4O47/c1-15(73)60-29-17(75)3-57(54(92)93,107-46(29)33(81)20(78)6-64)105-23(9-67)36(84)47-30(62-27(79)13-71)18(76)4-58(108-47,55(94)95)106-24(10-68)37(85)48-31(63-28(80)14-72)19(77)5-59(109-48,56(96)97)110-49-42(90)53(102-43-25(11-69)98-50(91)40(88)39(43)87)101-26(12-70)44(49)103-51-32(61-16(2)74)45(35(83)22(8-66)99-51)104-52-41(89)38(86)34(82)21(7-65)100-52/h17-26,29-53,64-72,75-78,81-91H,3-14H2,1-2H3,(H,60,73)(H,61,74)(H,62,79)(H,63,80)(H,92,93)(H,94,95)(H,96,97)/t17-,18-,19-,20+,21+,22+,23+,24+,25+,26+,29+,30+,31+,32+,33+,34-,35-,36+,37+,38-,39-,40+,41+,42+,43+,44-,45+,46+,47+,48+,49+,50+,51-,52-,53-,57+,58+,59-/m0/s1. The van der Waals surface area contributed by atoms with Crippen LogP contribution in [0.4, 0.5) is 0 Å². The first-order chi connectivity index (χ1) is 51.7. The maximum absolute atomic E-state index is 14.2. The van der Waals surface area contributed by atoms with Crippen LogP contribution in [0.15, 0.2) is 0 Å². The molecule has 634 valence electrons. The van der Waals surface area contributed by atoms with E-state index in [-0.39, 0.29) is 0 Å². The first-order valence-corrected chi connectivity index (χ1v) is 33.8. The van der Waals surface area contributed by atoms with Crippen LogP contribution in [0.5, 0.6) is 0 Å². The van der Waals surface area contributed by atoms with Gasteiger partial charge in [0, 0.05) is 33.1 Å².